The highest BCUT2D eigenvalue weighted by molar-refractivity contribution is 7.61. The maximum Gasteiger partial charge on any atom is 0.483 e. The van der Waals surface area contributed by atoms with Crippen molar-refractivity contribution < 1.29 is 81.2 Å². The Morgan fingerprint density at radius 3 is 0.930 bits per heavy atom. The Morgan fingerprint density at radius 1 is 0.386 bits per heavy atom. The van der Waals surface area contributed by atoms with Crippen LogP contribution in [-0.2, 0) is 41.5 Å². The van der Waals surface area contributed by atoms with Gasteiger partial charge in [0, 0.05) is 6.92 Å². The molecule has 8 N–H and O–H groups in total. The number of hydrogen-bond donors (Lipinski definition) is 8. The van der Waals surface area contributed by atoms with Crippen LogP contribution in [0.5, 0.6) is 0 Å². The largest absolute Gasteiger partial charge is 0.483 e. The highest BCUT2D eigenvalue weighted by atomic mass is 31.3. The van der Waals surface area contributed by atoms with E-state index >= 15 is 4.39 Å². The van der Waals surface area contributed by atoms with Gasteiger partial charge in [0.15, 0.2) is 12.5 Å². The van der Waals surface area contributed by atoms with E-state index in [1.807, 2.05) is 6.92 Å². The SMILES string of the molecule is CC(=O)N[C@H]1[C@H](O[C@H]2[C@H](O)[C@@H](F)[C@@H](OP(=O)(O)OP(=O)(O)OCCC(C)CC/C=C(\C)CC/C=C(\C)CC/C=C(\C)CC/C=C(\C)CC/C=C(\C)CC/C=C(\C)CC/C=C(\C)CC/C=C(\C)CC/C=C(\C)CC/C=C(\C)CC/C=C(\C)CC/C=C(\C)CC/C=C(\C)CC/C=C(\C)CCC=C(C)C)O[C@@H]2CO)O[C@H](CO)[C@@H](O)[C@@H]1O. The van der Waals surface area contributed by atoms with Crippen LogP contribution in [0.25, 0.3) is 0 Å². The molecule has 17 nitrogen and oxygen atoms in total. The topological polar surface area (TPSA) is 260 Å². The molecule has 114 heavy (non-hydrogen) atoms. The lowest BCUT2D eigenvalue weighted by Crippen LogP contribution is -2.67. The van der Waals surface area contributed by atoms with Gasteiger partial charge in [-0.05, 0) is 316 Å². The van der Waals surface area contributed by atoms with E-state index in [-0.39, 0.29) is 12.5 Å². The van der Waals surface area contributed by atoms with Crippen molar-refractivity contribution in [2.75, 3.05) is 19.8 Å². The zero-order valence-electron chi connectivity index (χ0n) is 73.6. The Bertz CT molecular complexity index is 3410. The highest BCUT2D eigenvalue weighted by Gasteiger charge is 2.54. The summed E-state index contributed by atoms with van der Waals surface area (Å²) in [5.41, 5.74) is 21.9. The maximum atomic E-state index is 15.6. The molecule has 0 saturated carbocycles. The van der Waals surface area contributed by atoms with Gasteiger partial charge in [-0.2, -0.15) is 4.31 Å². The van der Waals surface area contributed by atoms with Crippen molar-refractivity contribution in [2.45, 2.75) is 385 Å². The molecule has 13 atom stereocenters. The van der Waals surface area contributed by atoms with Crippen LogP contribution in [-0.4, -0.2) is 122 Å². The van der Waals surface area contributed by atoms with Gasteiger partial charge in [-0.3, -0.25) is 13.8 Å². The maximum absolute atomic E-state index is 15.6. The van der Waals surface area contributed by atoms with Crippen LogP contribution in [0, 0.1) is 5.92 Å². The fraction of sp³-hybridized carbons (Fsp3) is 0.670. The fourth-order valence-corrected chi connectivity index (χ4v) is 15.7. The number of aliphatic hydroxyl groups excluding tert-OH is 5. The molecule has 1 amide bonds. The molecule has 2 heterocycles. The zero-order valence-corrected chi connectivity index (χ0v) is 75.4. The molecule has 0 radical (unpaired) electrons. The first-order chi connectivity index (χ1) is 53.9. The number of ether oxygens (including phenoxy) is 3. The second kappa shape index (κ2) is 60.0. The van der Waals surface area contributed by atoms with E-state index in [4.69, 9.17) is 23.3 Å². The second-order valence-corrected chi connectivity index (χ2v) is 36.1. The standard InChI is InChI=1S/C94H156FNO16P2/c1-68(2)34-19-35-69(3)36-20-37-70(4)38-21-39-71(5)40-22-41-72(6)42-23-43-73(7)44-24-45-74(8)46-25-47-75(9)48-26-49-76(10)50-27-51-77(11)52-28-53-78(12)54-29-55-79(13)56-30-57-80(14)58-31-59-81(15)60-32-61-82(16)62-33-63-83(17)64-65-107-113(103,104)112-114(105,106)111-93-87(95)90(101)92(86(67-98)109-93)110-94-88(96-84(18)99)91(102)89(100)85(66-97)108-94/h34,36,38,40,42,44,46,48,50,52,54,56,58,60,62,83,85-94,97-98,100-102H,19-33,35,37,39,41,43,45,47,49,51,53,55,57,59,61,63-67H2,1-18H3,(H,96,99)(H,103,104)(H,105,106)/b69-36+,70-38+,71-40+,72-42+,73-44+,74-46+,75-48+,76-50+,77-52+,78-54+,79-56+,80-58+,81-60+,82-62+/t83?,85-,86-,87-,88-,89-,90-,91-,92-,93-,94+/m1/s1. The minimum absolute atomic E-state index is 0.0267. The van der Waals surface area contributed by atoms with Gasteiger partial charge in [-0.25, -0.2) is 13.5 Å². The number of carbonyl (C=O) groups is 1. The smallest absolute Gasteiger partial charge is 0.394 e. The number of allylic oxidation sites excluding steroid dienone is 30. The third-order valence-corrected chi connectivity index (χ3v) is 23.9. The first kappa shape index (κ1) is 106. The molecule has 650 valence electrons. The molecular weight excluding hydrogens is 1480 g/mol. The number of aliphatic hydroxyl groups is 5. The third-order valence-electron chi connectivity index (χ3n) is 21.3. The average Bonchev–Trinajstić information content (AvgIpc) is 0.780. The first-order valence-corrected chi connectivity index (χ1v) is 45.6. The van der Waals surface area contributed by atoms with Crippen molar-refractivity contribution in [2.24, 2.45) is 5.92 Å². The Balaban J connectivity index is 1.58. The highest BCUT2D eigenvalue weighted by Crippen LogP contribution is 2.61. The number of amides is 1. The van der Waals surface area contributed by atoms with Crippen LogP contribution in [0.4, 0.5) is 4.39 Å². The summed E-state index contributed by atoms with van der Waals surface area (Å²) in [5, 5.41) is 53.7. The van der Waals surface area contributed by atoms with Crippen LogP contribution >= 0.6 is 15.6 Å². The lowest BCUT2D eigenvalue weighted by atomic mass is 9.95. The van der Waals surface area contributed by atoms with Gasteiger partial charge in [0.1, 0.15) is 42.7 Å². The lowest BCUT2D eigenvalue weighted by molar-refractivity contribution is -0.332. The predicted molar refractivity (Wildman–Crippen MR) is 469 cm³/mol. The molecule has 2 saturated heterocycles. The van der Waals surface area contributed by atoms with E-state index in [2.05, 4.69) is 212 Å². The summed E-state index contributed by atoms with van der Waals surface area (Å²) >= 11 is 0. The van der Waals surface area contributed by atoms with Crippen LogP contribution in [0.1, 0.15) is 324 Å². The number of hydrogen-bond acceptors (Lipinski definition) is 14. The molecule has 0 spiro atoms. The number of nitrogens with one attached hydrogen (secondary N) is 1. The van der Waals surface area contributed by atoms with E-state index in [0.29, 0.717) is 6.42 Å². The van der Waals surface area contributed by atoms with Crippen molar-refractivity contribution in [3.63, 3.8) is 0 Å². The van der Waals surface area contributed by atoms with E-state index in [9.17, 15) is 49.2 Å². The van der Waals surface area contributed by atoms with Gasteiger partial charge >= 0.3 is 15.6 Å². The Morgan fingerprint density at radius 2 is 0.658 bits per heavy atom. The van der Waals surface area contributed by atoms with Gasteiger partial charge in [0.2, 0.25) is 12.2 Å². The molecule has 0 aromatic rings. The molecular formula is C94H156FNO16P2. The molecule has 3 unspecified atom stereocenters. The summed E-state index contributed by atoms with van der Waals surface area (Å²) < 4.78 is 71.4. The average molecular weight is 1640 g/mol. The predicted octanol–water partition coefficient (Wildman–Crippen LogP) is 23.9. The monoisotopic (exact) mass is 1640 g/mol. The molecule has 2 aliphatic rings. The molecule has 2 fully saturated rings. The van der Waals surface area contributed by atoms with E-state index in [0.717, 1.165) is 187 Å². The normalized spacial score (nSPS) is 23.6. The summed E-state index contributed by atoms with van der Waals surface area (Å²) in [4.78, 5) is 32.5. The quantitative estimate of drug-likeness (QED) is 0.0208. The van der Waals surface area contributed by atoms with Crippen LogP contribution < -0.4 is 5.32 Å². The first-order valence-electron chi connectivity index (χ1n) is 42.6. The van der Waals surface area contributed by atoms with Crippen molar-refractivity contribution in [3.8, 4) is 0 Å². The minimum Gasteiger partial charge on any atom is -0.394 e. The number of carbonyl (C=O) groups excluding carboxylic acids is 1. The van der Waals surface area contributed by atoms with Crippen molar-refractivity contribution in [1.29, 1.82) is 0 Å². The van der Waals surface area contributed by atoms with Crippen LogP contribution in [0.2, 0.25) is 0 Å². The van der Waals surface area contributed by atoms with Crippen molar-refractivity contribution >= 4 is 21.6 Å². The van der Waals surface area contributed by atoms with Gasteiger partial charge in [-0.15, -0.1) is 0 Å². The summed E-state index contributed by atoms with van der Waals surface area (Å²) in [6.45, 7) is 36.9. The Kier molecular flexibility index (Phi) is 55.5. The Labute approximate surface area is 690 Å². The number of halogens is 1. The van der Waals surface area contributed by atoms with Crippen LogP contribution in [0.15, 0.2) is 175 Å². The number of phosphoric acid groups is 2. The molecule has 0 aromatic heterocycles. The molecule has 0 aromatic carbocycles. The molecule has 20 heteroatoms. The zero-order chi connectivity index (χ0) is 85.2. The van der Waals surface area contributed by atoms with E-state index < -0.39 is 96.2 Å². The van der Waals surface area contributed by atoms with E-state index in [1.54, 1.807) is 0 Å². The minimum atomic E-state index is -5.66. The number of alkyl halides is 1. The van der Waals surface area contributed by atoms with Gasteiger partial charge < -0.3 is 54.8 Å². The van der Waals surface area contributed by atoms with Crippen molar-refractivity contribution in [3.05, 3.63) is 175 Å². The lowest BCUT2D eigenvalue weighted by Gasteiger charge is -2.46. The Hall–Kier alpha value is -4.56. The second-order valence-electron chi connectivity index (χ2n) is 33.2. The summed E-state index contributed by atoms with van der Waals surface area (Å²) in [6, 6.07) is -1.51. The van der Waals surface area contributed by atoms with Crippen LogP contribution in [0.3, 0.4) is 0 Å². The van der Waals surface area contributed by atoms with Gasteiger partial charge in [0.05, 0.1) is 19.8 Å². The van der Waals surface area contributed by atoms with E-state index in [1.165, 1.54) is 96.4 Å². The van der Waals surface area contributed by atoms with Crippen molar-refractivity contribution in [1.82, 2.24) is 5.32 Å². The summed E-state index contributed by atoms with van der Waals surface area (Å²) in [5.74, 6) is -0.674. The fourth-order valence-electron chi connectivity index (χ4n) is 13.6. The summed E-state index contributed by atoms with van der Waals surface area (Å²) in [7, 11) is -10.9. The summed E-state index contributed by atoms with van der Waals surface area (Å²) in [6.07, 6.45) is 51.1. The van der Waals surface area contributed by atoms with Gasteiger partial charge in [-0.1, -0.05) is 182 Å². The molecule has 2 aliphatic heterocycles. The molecule has 0 aliphatic carbocycles. The molecule has 0 bridgehead atoms. The number of rotatable bonds is 58. The molecule has 2 rings (SSSR count). The number of phosphoric ester groups is 2. The van der Waals surface area contributed by atoms with Gasteiger partial charge in [0.25, 0.3) is 0 Å². The third kappa shape index (κ3) is 50.4.